The first kappa shape index (κ1) is 27.0. The van der Waals surface area contributed by atoms with E-state index in [1.807, 2.05) is 12.1 Å². The van der Waals surface area contributed by atoms with Crippen molar-refractivity contribution in [1.29, 1.82) is 0 Å². The van der Waals surface area contributed by atoms with Crippen LogP contribution in [0.2, 0.25) is 0 Å². The molecule has 0 aliphatic rings. The highest BCUT2D eigenvalue weighted by molar-refractivity contribution is 5.84. The molecule has 0 saturated carbocycles. The van der Waals surface area contributed by atoms with E-state index >= 15 is 0 Å². The maximum Gasteiger partial charge on any atom is 0.416 e. The highest BCUT2D eigenvalue weighted by Crippen LogP contribution is 2.32. The van der Waals surface area contributed by atoms with Gasteiger partial charge in [0.05, 0.1) is 12.2 Å². The highest BCUT2D eigenvalue weighted by Gasteiger charge is 2.33. The Balaban J connectivity index is 1.89. The number of esters is 1. The zero-order valence-electron chi connectivity index (χ0n) is 19.9. The molecule has 0 aromatic heterocycles. The van der Waals surface area contributed by atoms with Crippen molar-refractivity contribution in [3.8, 4) is 11.5 Å². The van der Waals surface area contributed by atoms with Crippen LogP contribution < -0.4 is 14.8 Å². The molecule has 2 aromatic rings. The Morgan fingerprint density at radius 1 is 0.882 bits per heavy atom. The van der Waals surface area contributed by atoms with Gasteiger partial charge < -0.3 is 19.5 Å². The quantitative estimate of drug-likeness (QED) is 0.487. The molecule has 0 bridgehead atoms. The minimum atomic E-state index is -4.50. The molecule has 2 aromatic carbocycles. The number of hydrogen-bond acceptors (Lipinski definition) is 5. The van der Waals surface area contributed by atoms with Crippen LogP contribution in [-0.4, -0.2) is 36.2 Å². The third kappa shape index (κ3) is 7.67. The van der Waals surface area contributed by atoms with Gasteiger partial charge in [-0.2, -0.15) is 13.2 Å². The molecule has 186 valence electrons. The fraction of sp³-hybridized carbons (Fsp3) is 0.440. The SMILES string of the molecule is CCOC(=O)C(C)(C)Oc1ccc(CCNC(=O)C(C)(C)Oc2cccc(C(F)(F)F)c2)cc1. The molecule has 0 heterocycles. The van der Waals surface area contributed by atoms with Gasteiger partial charge in [-0.15, -0.1) is 0 Å². The van der Waals surface area contributed by atoms with Crippen LogP contribution in [0.15, 0.2) is 48.5 Å². The molecule has 0 spiro atoms. The van der Waals surface area contributed by atoms with Gasteiger partial charge in [0.2, 0.25) is 0 Å². The summed E-state index contributed by atoms with van der Waals surface area (Å²) in [7, 11) is 0. The lowest BCUT2D eigenvalue weighted by Gasteiger charge is -2.26. The third-order valence-electron chi connectivity index (χ3n) is 4.84. The van der Waals surface area contributed by atoms with E-state index in [0.29, 0.717) is 18.7 Å². The Morgan fingerprint density at radius 3 is 2.09 bits per heavy atom. The Morgan fingerprint density at radius 2 is 1.50 bits per heavy atom. The predicted molar refractivity (Wildman–Crippen MR) is 121 cm³/mol. The molecule has 9 heteroatoms. The van der Waals surface area contributed by atoms with Gasteiger partial charge in [0, 0.05) is 6.54 Å². The molecule has 0 saturated heterocycles. The molecule has 1 amide bonds. The van der Waals surface area contributed by atoms with E-state index in [-0.39, 0.29) is 12.4 Å². The maximum absolute atomic E-state index is 12.9. The van der Waals surface area contributed by atoms with Crippen molar-refractivity contribution in [2.24, 2.45) is 0 Å². The average Bonchev–Trinajstić information content (AvgIpc) is 2.74. The lowest BCUT2D eigenvalue weighted by molar-refractivity contribution is -0.158. The van der Waals surface area contributed by atoms with Gasteiger partial charge in [-0.3, -0.25) is 4.79 Å². The number of nitrogens with one attached hydrogen (secondary N) is 1. The number of carbonyl (C=O) groups excluding carboxylic acids is 2. The summed E-state index contributed by atoms with van der Waals surface area (Å²) in [6.45, 7) is 8.50. The van der Waals surface area contributed by atoms with Crippen LogP contribution in [0.5, 0.6) is 11.5 Å². The summed E-state index contributed by atoms with van der Waals surface area (Å²) in [5, 5.41) is 2.74. The van der Waals surface area contributed by atoms with Crippen LogP contribution in [-0.2, 0) is 26.9 Å². The largest absolute Gasteiger partial charge is 0.478 e. The van der Waals surface area contributed by atoms with Crippen LogP contribution in [0.1, 0.15) is 45.7 Å². The Kier molecular flexibility index (Phi) is 8.58. The molecule has 0 atom stereocenters. The number of alkyl halides is 3. The molecule has 1 N–H and O–H groups in total. The van der Waals surface area contributed by atoms with E-state index in [2.05, 4.69) is 5.32 Å². The van der Waals surface area contributed by atoms with Crippen molar-refractivity contribution in [1.82, 2.24) is 5.32 Å². The van der Waals surface area contributed by atoms with Gasteiger partial charge in [-0.25, -0.2) is 4.79 Å². The molecule has 0 fully saturated rings. The van der Waals surface area contributed by atoms with Crippen LogP contribution >= 0.6 is 0 Å². The predicted octanol–water partition coefficient (Wildman–Crippen LogP) is 4.94. The monoisotopic (exact) mass is 481 g/mol. The van der Waals surface area contributed by atoms with Crippen molar-refractivity contribution in [2.45, 2.75) is 58.4 Å². The fourth-order valence-corrected chi connectivity index (χ4v) is 2.98. The van der Waals surface area contributed by atoms with Gasteiger partial charge in [-0.1, -0.05) is 18.2 Å². The number of hydrogen-bond donors (Lipinski definition) is 1. The summed E-state index contributed by atoms with van der Waals surface area (Å²) in [5.41, 5.74) is -2.44. The van der Waals surface area contributed by atoms with E-state index < -0.39 is 34.8 Å². The minimum absolute atomic E-state index is 0.0451. The van der Waals surface area contributed by atoms with Crippen LogP contribution in [0.25, 0.3) is 0 Å². The Labute approximate surface area is 197 Å². The summed E-state index contributed by atoms with van der Waals surface area (Å²) in [5.74, 6) is -0.462. The summed E-state index contributed by atoms with van der Waals surface area (Å²) in [4.78, 5) is 24.5. The average molecular weight is 482 g/mol. The van der Waals surface area contributed by atoms with Crippen molar-refractivity contribution < 1.29 is 37.0 Å². The molecule has 0 unspecified atom stereocenters. The maximum atomic E-state index is 12.9. The summed E-state index contributed by atoms with van der Waals surface area (Å²) >= 11 is 0. The first-order valence-corrected chi connectivity index (χ1v) is 10.8. The first-order valence-electron chi connectivity index (χ1n) is 10.8. The summed E-state index contributed by atoms with van der Waals surface area (Å²) in [6, 6.07) is 11.5. The molecule has 0 aliphatic heterocycles. The zero-order chi connectivity index (χ0) is 25.6. The number of benzene rings is 2. The summed E-state index contributed by atoms with van der Waals surface area (Å²) in [6.07, 6.45) is -3.99. The van der Waals surface area contributed by atoms with Crippen molar-refractivity contribution in [3.05, 3.63) is 59.7 Å². The second-order valence-corrected chi connectivity index (χ2v) is 8.62. The lowest BCUT2D eigenvalue weighted by atomic mass is 10.1. The number of amides is 1. The van der Waals surface area contributed by atoms with Crippen LogP contribution in [0, 0.1) is 0 Å². The topological polar surface area (TPSA) is 73.9 Å². The Hall–Kier alpha value is -3.23. The second kappa shape index (κ2) is 10.8. The van der Waals surface area contributed by atoms with Crippen LogP contribution in [0.3, 0.4) is 0 Å². The lowest BCUT2D eigenvalue weighted by Crippen LogP contribution is -2.47. The van der Waals surface area contributed by atoms with Gasteiger partial charge in [0.25, 0.3) is 5.91 Å². The molecule has 2 rings (SSSR count). The first-order chi connectivity index (χ1) is 15.7. The zero-order valence-corrected chi connectivity index (χ0v) is 19.9. The smallest absolute Gasteiger partial charge is 0.416 e. The van der Waals surface area contributed by atoms with Crippen molar-refractivity contribution >= 4 is 11.9 Å². The van der Waals surface area contributed by atoms with Gasteiger partial charge in [0.15, 0.2) is 11.2 Å². The summed E-state index contributed by atoms with van der Waals surface area (Å²) < 4.78 is 54.9. The fourth-order valence-electron chi connectivity index (χ4n) is 2.98. The van der Waals surface area contributed by atoms with E-state index in [1.54, 1.807) is 32.9 Å². The van der Waals surface area contributed by atoms with Crippen molar-refractivity contribution in [3.63, 3.8) is 0 Å². The Bertz CT molecular complexity index is 985. The molecular weight excluding hydrogens is 451 g/mol. The van der Waals surface area contributed by atoms with E-state index in [0.717, 1.165) is 17.7 Å². The van der Waals surface area contributed by atoms with E-state index in [1.165, 1.54) is 26.0 Å². The molecule has 0 aliphatic carbocycles. The number of halogens is 3. The highest BCUT2D eigenvalue weighted by atomic mass is 19.4. The number of carbonyl (C=O) groups is 2. The molecule has 34 heavy (non-hydrogen) atoms. The van der Waals surface area contributed by atoms with E-state index in [4.69, 9.17) is 14.2 Å². The molecule has 0 radical (unpaired) electrons. The standard InChI is InChI=1S/C25H30F3NO5/c1-6-32-22(31)24(4,5)33-19-12-10-17(11-13-19)14-15-29-21(30)23(2,3)34-20-9-7-8-18(16-20)25(26,27)28/h7-13,16H,6,14-15H2,1-5H3,(H,29,30). The van der Waals surface area contributed by atoms with Gasteiger partial charge in [0.1, 0.15) is 11.5 Å². The van der Waals surface area contributed by atoms with Gasteiger partial charge >= 0.3 is 12.1 Å². The van der Waals surface area contributed by atoms with Crippen LogP contribution in [0.4, 0.5) is 13.2 Å². The second-order valence-electron chi connectivity index (χ2n) is 8.62. The third-order valence-corrected chi connectivity index (χ3v) is 4.84. The molecule has 6 nitrogen and oxygen atoms in total. The number of ether oxygens (including phenoxy) is 3. The molecular formula is C25H30F3NO5. The number of rotatable bonds is 10. The minimum Gasteiger partial charge on any atom is -0.478 e. The van der Waals surface area contributed by atoms with Crippen molar-refractivity contribution in [2.75, 3.05) is 13.2 Å². The normalized spacial score (nSPS) is 12.1. The van der Waals surface area contributed by atoms with E-state index in [9.17, 15) is 22.8 Å². The van der Waals surface area contributed by atoms with Gasteiger partial charge in [-0.05, 0) is 76.9 Å².